The van der Waals surface area contributed by atoms with Crippen LogP contribution in [0, 0.1) is 18.6 Å². The third kappa shape index (κ3) is 4.18. The molecule has 1 aliphatic carbocycles. The molecule has 0 spiro atoms. The van der Waals surface area contributed by atoms with Gasteiger partial charge in [0.25, 0.3) is 0 Å². The summed E-state index contributed by atoms with van der Waals surface area (Å²) < 4.78 is 68.8. The maximum absolute atomic E-state index is 15.4. The van der Waals surface area contributed by atoms with Crippen molar-refractivity contribution in [3.05, 3.63) is 77.1 Å². The highest BCUT2D eigenvalue weighted by Crippen LogP contribution is 2.50. The third-order valence-electron chi connectivity index (χ3n) is 6.13. The van der Waals surface area contributed by atoms with E-state index in [-0.39, 0.29) is 41.0 Å². The fourth-order valence-corrected chi connectivity index (χ4v) is 4.21. The van der Waals surface area contributed by atoms with Crippen LogP contribution in [0.2, 0.25) is 0 Å². The van der Waals surface area contributed by atoms with Crippen LogP contribution >= 0.6 is 0 Å². The summed E-state index contributed by atoms with van der Waals surface area (Å²) >= 11 is 0. The first-order valence-electron chi connectivity index (χ1n) is 10.8. The number of aromatic amines is 1. The lowest BCUT2D eigenvalue weighted by Crippen LogP contribution is -2.29. The largest absolute Gasteiger partial charge is 0.416 e. The summed E-state index contributed by atoms with van der Waals surface area (Å²) in [5, 5.41) is 16.1. The van der Waals surface area contributed by atoms with E-state index in [2.05, 4.69) is 30.9 Å². The van der Waals surface area contributed by atoms with E-state index in [1.54, 1.807) is 19.1 Å². The van der Waals surface area contributed by atoms with Crippen molar-refractivity contribution in [1.29, 1.82) is 0 Å². The number of tetrazole rings is 1. The number of rotatable bonds is 5. The number of nitrogens with one attached hydrogen (secondary N) is 2. The van der Waals surface area contributed by atoms with Crippen molar-refractivity contribution in [2.24, 2.45) is 0 Å². The van der Waals surface area contributed by atoms with Gasteiger partial charge in [0, 0.05) is 34.3 Å². The summed E-state index contributed by atoms with van der Waals surface area (Å²) in [5.74, 6) is -2.32. The maximum atomic E-state index is 15.4. The average molecular weight is 500 g/mol. The predicted octanol–water partition coefficient (Wildman–Crippen LogP) is 5.20. The molecule has 2 heterocycles. The second-order valence-corrected chi connectivity index (χ2v) is 8.54. The van der Waals surface area contributed by atoms with E-state index in [0.717, 1.165) is 18.2 Å². The molecule has 0 radical (unpaired) electrons. The summed E-state index contributed by atoms with van der Waals surface area (Å²) in [4.78, 5) is 17.3. The molecule has 2 aromatic carbocycles. The summed E-state index contributed by atoms with van der Waals surface area (Å²) in [6.45, 7) is 1.75. The van der Waals surface area contributed by atoms with E-state index >= 15 is 4.39 Å². The molecule has 1 saturated carbocycles. The summed E-state index contributed by atoms with van der Waals surface area (Å²) in [7, 11) is 0. The Balaban J connectivity index is 1.51. The Morgan fingerprint density at radius 2 is 1.83 bits per heavy atom. The van der Waals surface area contributed by atoms with E-state index in [0.29, 0.717) is 17.3 Å². The van der Waals surface area contributed by atoms with Gasteiger partial charge < -0.3 is 5.32 Å². The molecule has 0 saturated heterocycles. The molecule has 2 N–H and O–H groups in total. The smallest absolute Gasteiger partial charge is 0.325 e. The standard InChI is InChI=1S/C24H17F5N6O/c1-12-8-13(4-7-30-12)20-16(21-32-34-35-33-21)10-15(11-19(20)26)31-22(36)23(5-6-23)17-3-2-14(9-18(17)25)24(27,28)29/h2-4,7-11H,5-6H2,1H3,(H,31,36)(H,32,33,34,35). The van der Waals surface area contributed by atoms with Crippen LogP contribution in [0.15, 0.2) is 48.7 Å². The van der Waals surface area contributed by atoms with Crippen molar-refractivity contribution in [2.45, 2.75) is 31.4 Å². The van der Waals surface area contributed by atoms with Crippen LogP contribution in [0.3, 0.4) is 0 Å². The number of aryl methyl sites for hydroxylation is 1. The number of benzene rings is 2. The van der Waals surface area contributed by atoms with Crippen LogP contribution in [0.4, 0.5) is 27.6 Å². The number of hydrogen-bond donors (Lipinski definition) is 2. The molecular weight excluding hydrogens is 483 g/mol. The molecule has 0 bridgehead atoms. The zero-order valence-electron chi connectivity index (χ0n) is 18.6. The number of carbonyl (C=O) groups excluding carboxylic acids is 1. The summed E-state index contributed by atoms with van der Waals surface area (Å²) in [6, 6.07) is 7.96. The molecule has 7 nitrogen and oxygen atoms in total. The number of H-pyrrole nitrogens is 1. The Morgan fingerprint density at radius 1 is 1.06 bits per heavy atom. The van der Waals surface area contributed by atoms with Gasteiger partial charge in [-0.05, 0) is 72.2 Å². The number of alkyl halides is 3. The van der Waals surface area contributed by atoms with E-state index in [4.69, 9.17) is 0 Å². The molecule has 2 aromatic heterocycles. The average Bonchev–Trinajstić information content (AvgIpc) is 3.43. The SMILES string of the molecule is Cc1cc(-c2c(F)cc(NC(=O)C3(c4ccc(C(F)(F)F)cc4F)CC3)cc2-c2nnn[nH]2)ccn1. The molecule has 0 atom stereocenters. The second kappa shape index (κ2) is 8.47. The van der Waals surface area contributed by atoms with Crippen molar-refractivity contribution in [1.82, 2.24) is 25.6 Å². The van der Waals surface area contributed by atoms with Gasteiger partial charge in [-0.25, -0.2) is 13.9 Å². The highest BCUT2D eigenvalue weighted by molar-refractivity contribution is 6.02. The lowest BCUT2D eigenvalue weighted by Gasteiger charge is -2.19. The van der Waals surface area contributed by atoms with Gasteiger partial charge in [0.1, 0.15) is 11.6 Å². The van der Waals surface area contributed by atoms with Gasteiger partial charge >= 0.3 is 6.18 Å². The molecular formula is C24H17F5N6O. The molecule has 1 amide bonds. The van der Waals surface area contributed by atoms with E-state index in [1.807, 2.05) is 0 Å². The summed E-state index contributed by atoms with van der Waals surface area (Å²) in [6.07, 6.45) is -2.72. The minimum absolute atomic E-state index is 0.0528. The lowest BCUT2D eigenvalue weighted by atomic mass is 9.92. The highest BCUT2D eigenvalue weighted by Gasteiger charge is 2.53. The van der Waals surface area contributed by atoms with Crippen LogP contribution < -0.4 is 5.32 Å². The fraction of sp³-hybridized carbons (Fsp3) is 0.208. The maximum Gasteiger partial charge on any atom is 0.416 e. The van der Waals surface area contributed by atoms with Crippen LogP contribution in [-0.4, -0.2) is 31.5 Å². The van der Waals surface area contributed by atoms with Gasteiger partial charge in [0.05, 0.1) is 11.0 Å². The second-order valence-electron chi connectivity index (χ2n) is 8.54. The highest BCUT2D eigenvalue weighted by atomic mass is 19.4. The van der Waals surface area contributed by atoms with Gasteiger partial charge in [-0.3, -0.25) is 9.78 Å². The Hall–Kier alpha value is -4.22. The van der Waals surface area contributed by atoms with Crippen molar-refractivity contribution in [3.8, 4) is 22.5 Å². The summed E-state index contributed by atoms with van der Waals surface area (Å²) in [5.41, 5.74) is -0.990. The monoisotopic (exact) mass is 500 g/mol. The molecule has 184 valence electrons. The number of amides is 1. The number of anilines is 1. The fourth-order valence-electron chi connectivity index (χ4n) is 4.21. The predicted molar refractivity (Wildman–Crippen MR) is 118 cm³/mol. The minimum Gasteiger partial charge on any atom is -0.325 e. The lowest BCUT2D eigenvalue weighted by molar-refractivity contribution is -0.137. The Labute approximate surface area is 200 Å². The zero-order valence-corrected chi connectivity index (χ0v) is 18.6. The minimum atomic E-state index is -4.71. The number of carbonyl (C=O) groups is 1. The van der Waals surface area contributed by atoms with Crippen LogP contribution in [0.1, 0.15) is 29.7 Å². The van der Waals surface area contributed by atoms with E-state index < -0.39 is 34.7 Å². The van der Waals surface area contributed by atoms with Crippen molar-refractivity contribution in [2.75, 3.05) is 5.32 Å². The molecule has 36 heavy (non-hydrogen) atoms. The molecule has 0 aliphatic heterocycles. The van der Waals surface area contributed by atoms with Crippen molar-refractivity contribution >= 4 is 11.6 Å². The number of pyridine rings is 1. The van der Waals surface area contributed by atoms with Crippen LogP contribution in [0.25, 0.3) is 22.5 Å². The van der Waals surface area contributed by atoms with Crippen LogP contribution in [0.5, 0.6) is 0 Å². The number of nitrogens with zero attached hydrogens (tertiary/aromatic N) is 4. The Kier molecular flexibility index (Phi) is 5.53. The van der Waals surface area contributed by atoms with Gasteiger partial charge in [-0.2, -0.15) is 13.2 Å². The third-order valence-corrected chi connectivity index (χ3v) is 6.13. The van der Waals surface area contributed by atoms with Crippen LogP contribution in [-0.2, 0) is 16.4 Å². The zero-order chi connectivity index (χ0) is 25.7. The van der Waals surface area contributed by atoms with Gasteiger partial charge in [0.15, 0.2) is 5.82 Å². The van der Waals surface area contributed by atoms with Gasteiger partial charge in [0.2, 0.25) is 5.91 Å². The molecule has 5 rings (SSSR count). The normalized spacial score (nSPS) is 14.5. The van der Waals surface area contributed by atoms with Gasteiger partial charge in [-0.1, -0.05) is 6.07 Å². The van der Waals surface area contributed by atoms with Crippen molar-refractivity contribution < 1.29 is 26.7 Å². The number of halogens is 5. The molecule has 12 heteroatoms. The first-order chi connectivity index (χ1) is 17.1. The molecule has 4 aromatic rings. The topological polar surface area (TPSA) is 96.5 Å². The molecule has 0 unspecified atom stereocenters. The first kappa shape index (κ1) is 23.5. The number of aromatic nitrogens is 5. The Bertz CT molecular complexity index is 1460. The number of hydrogen-bond acceptors (Lipinski definition) is 5. The Morgan fingerprint density at radius 3 is 2.44 bits per heavy atom. The molecule has 1 aliphatic rings. The van der Waals surface area contributed by atoms with Gasteiger partial charge in [-0.15, -0.1) is 5.10 Å². The van der Waals surface area contributed by atoms with E-state index in [1.165, 1.54) is 12.3 Å². The first-order valence-corrected chi connectivity index (χ1v) is 10.8. The quantitative estimate of drug-likeness (QED) is 0.367. The molecule has 1 fully saturated rings. The van der Waals surface area contributed by atoms with E-state index in [9.17, 15) is 22.4 Å². The van der Waals surface area contributed by atoms with Crippen molar-refractivity contribution in [3.63, 3.8) is 0 Å².